The third kappa shape index (κ3) is 2.82. The molecule has 132 valence electrons. The molecule has 2 aromatic carbocycles. The molecule has 0 saturated carbocycles. The molecular weight excluding hydrogens is 348 g/mol. The van der Waals surface area contributed by atoms with E-state index in [2.05, 4.69) is 16.4 Å². The molecule has 6 heteroatoms. The van der Waals surface area contributed by atoms with Crippen LogP contribution >= 0.6 is 11.3 Å². The van der Waals surface area contributed by atoms with Crippen molar-refractivity contribution >= 4 is 43.6 Å². The van der Waals surface area contributed by atoms with Crippen LogP contribution in [0.3, 0.4) is 0 Å². The number of para-hydroxylation sites is 1. The van der Waals surface area contributed by atoms with E-state index in [0.29, 0.717) is 23.1 Å². The van der Waals surface area contributed by atoms with Crippen LogP contribution in [-0.4, -0.2) is 17.5 Å². The Morgan fingerprint density at radius 1 is 1.23 bits per heavy atom. The Balaban J connectivity index is 1.66. The maximum absolute atomic E-state index is 12.6. The number of carbonyl (C=O) groups excluding carboxylic acids is 1. The summed E-state index contributed by atoms with van der Waals surface area (Å²) in [5.74, 6) is 0.549. The first-order chi connectivity index (χ1) is 12.6. The molecule has 0 radical (unpaired) electrons. The lowest BCUT2D eigenvalue weighted by Gasteiger charge is -2.02. The Bertz CT molecular complexity index is 1090. The van der Waals surface area contributed by atoms with Gasteiger partial charge in [-0.2, -0.15) is 0 Å². The summed E-state index contributed by atoms with van der Waals surface area (Å²) in [5.41, 5.74) is 3.74. The van der Waals surface area contributed by atoms with Crippen LogP contribution in [0.25, 0.3) is 21.2 Å². The van der Waals surface area contributed by atoms with Crippen molar-refractivity contribution in [2.75, 3.05) is 11.9 Å². The highest BCUT2D eigenvalue weighted by atomic mass is 32.1. The number of hydrogen-bond donors (Lipinski definition) is 1. The number of aromatic nitrogens is 1. The van der Waals surface area contributed by atoms with Crippen molar-refractivity contribution in [2.24, 2.45) is 0 Å². The molecule has 26 heavy (non-hydrogen) atoms. The number of hydrogen-bond acceptors (Lipinski definition) is 5. The first-order valence-corrected chi connectivity index (χ1v) is 9.22. The number of ether oxygens (including phenoxy) is 1. The fourth-order valence-corrected chi connectivity index (χ4v) is 3.90. The van der Waals surface area contributed by atoms with E-state index in [9.17, 15) is 4.79 Å². The number of nitrogens with one attached hydrogen (secondary N) is 1. The molecule has 0 spiro atoms. The van der Waals surface area contributed by atoms with Gasteiger partial charge in [-0.3, -0.25) is 10.1 Å². The molecule has 4 aromatic rings. The highest BCUT2D eigenvalue weighted by Crippen LogP contribution is 2.32. The fourth-order valence-electron chi connectivity index (χ4n) is 2.89. The molecule has 0 unspecified atom stereocenters. The number of amides is 1. The van der Waals surface area contributed by atoms with Crippen LogP contribution in [0.4, 0.5) is 5.13 Å². The minimum absolute atomic E-state index is 0.236. The van der Waals surface area contributed by atoms with Crippen molar-refractivity contribution in [1.29, 1.82) is 0 Å². The van der Waals surface area contributed by atoms with Gasteiger partial charge in [0, 0.05) is 5.39 Å². The summed E-state index contributed by atoms with van der Waals surface area (Å²) in [4.78, 5) is 17.2. The largest absolute Gasteiger partial charge is 0.490 e. The molecule has 0 bridgehead atoms. The van der Waals surface area contributed by atoms with Crippen LogP contribution in [0.5, 0.6) is 5.75 Å². The monoisotopic (exact) mass is 366 g/mol. The Labute approximate surface area is 154 Å². The van der Waals surface area contributed by atoms with Gasteiger partial charge in [0.05, 0.1) is 16.8 Å². The molecule has 0 aliphatic carbocycles. The summed E-state index contributed by atoms with van der Waals surface area (Å²) in [6.45, 7) is 6.50. The van der Waals surface area contributed by atoms with Crippen molar-refractivity contribution in [3.63, 3.8) is 0 Å². The second-order valence-electron chi connectivity index (χ2n) is 6.07. The topological polar surface area (TPSA) is 64.4 Å². The van der Waals surface area contributed by atoms with Gasteiger partial charge in [-0.1, -0.05) is 35.6 Å². The summed E-state index contributed by atoms with van der Waals surface area (Å²) >= 11 is 1.47. The van der Waals surface area contributed by atoms with Crippen LogP contribution in [0.1, 0.15) is 28.6 Å². The van der Waals surface area contributed by atoms with Gasteiger partial charge in [-0.15, -0.1) is 0 Å². The quantitative estimate of drug-likeness (QED) is 0.531. The zero-order chi connectivity index (χ0) is 18.3. The van der Waals surface area contributed by atoms with E-state index >= 15 is 0 Å². The number of nitrogens with zero attached hydrogens (tertiary/aromatic N) is 1. The van der Waals surface area contributed by atoms with Crippen molar-refractivity contribution in [3.05, 3.63) is 53.3 Å². The van der Waals surface area contributed by atoms with Crippen LogP contribution in [-0.2, 0) is 0 Å². The zero-order valence-corrected chi connectivity index (χ0v) is 15.6. The molecule has 1 amide bonds. The maximum atomic E-state index is 12.6. The number of thiazole rings is 1. The maximum Gasteiger partial charge on any atom is 0.293 e. The van der Waals surface area contributed by atoms with Crippen LogP contribution < -0.4 is 10.1 Å². The number of furan rings is 1. The van der Waals surface area contributed by atoms with Crippen molar-refractivity contribution in [2.45, 2.75) is 20.8 Å². The first kappa shape index (κ1) is 16.6. The summed E-state index contributed by atoms with van der Waals surface area (Å²) in [5, 5.41) is 4.24. The van der Waals surface area contributed by atoms with E-state index in [-0.39, 0.29) is 11.7 Å². The minimum Gasteiger partial charge on any atom is -0.490 e. The second-order valence-corrected chi connectivity index (χ2v) is 7.07. The molecule has 1 N–H and O–H groups in total. The summed E-state index contributed by atoms with van der Waals surface area (Å²) in [6, 6.07) is 11.4. The van der Waals surface area contributed by atoms with E-state index in [1.165, 1.54) is 11.3 Å². The Morgan fingerprint density at radius 3 is 2.81 bits per heavy atom. The van der Waals surface area contributed by atoms with E-state index in [4.69, 9.17) is 9.15 Å². The van der Waals surface area contributed by atoms with Gasteiger partial charge in [0.15, 0.2) is 22.2 Å². The number of anilines is 1. The molecule has 5 nitrogen and oxygen atoms in total. The highest BCUT2D eigenvalue weighted by molar-refractivity contribution is 7.22. The number of aryl methyl sites for hydroxylation is 2. The number of carbonyl (C=O) groups is 1. The lowest BCUT2D eigenvalue weighted by molar-refractivity contribution is 0.0998. The van der Waals surface area contributed by atoms with E-state index in [1.807, 2.05) is 45.0 Å². The van der Waals surface area contributed by atoms with E-state index in [0.717, 1.165) is 26.7 Å². The van der Waals surface area contributed by atoms with Crippen LogP contribution in [0.15, 0.2) is 40.8 Å². The predicted octanol–water partition coefficient (Wildman–Crippen LogP) is 5.31. The second kappa shape index (κ2) is 6.46. The Kier molecular flexibility index (Phi) is 4.12. The van der Waals surface area contributed by atoms with E-state index in [1.54, 1.807) is 6.07 Å². The van der Waals surface area contributed by atoms with Gasteiger partial charge in [-0.05, 0) is 44.0 Å². The van der Waals surface area contributed by atoms with Crippen molar-refractivity contribution in [3.8, 4) is 5.75 Å². The molecule has 0 atom stereocenters. The smallest absolute Gasteiger partial charge is 0.293 e. The number of fused-ring (bicyclic) bond motifs is 2. The average Bonchev–Trinajstić information content (AvgIpc) is 3.24. The zero-order valence-electron chi connectivity index (χ0n) is 14.8. The van der Waals surface area contributed by atoms with Gasteiger partial charge in [0.25, 0.3) is 5.91 Å². The van der Waals surface area contributed by atoms with Crippen molar-refractivity contribution < 1.29 is 13.9 Å². The van der Waals surface area contributed by atoms with Gasteiger partial charge in [0.2, 0.25) is 0 Å². The lowest BCUT2D eigenvalue weighted by atomic mass is 10.1. The van der Waals surface area contributed by atoms with Gasteiger partial charge in [0.1, 0.15) is 0 Å². The standard InChI is InChI=1S/C20H18N2O3S/c1-4-24-14-7-5-6-13-10-15(25-17(13)14)19(23)22-20-21-16-11(2)8-9-12(3)18(16)26-20/h5-10H,4H2,1-3H3,(H,21,22,23). The van der Waals surface area contributed by atoms with Gasteiger partial charge < -0.3 is 9.15 Å². The first-order valence-electron chi connectivity index (χ1n) is 8.40. The summed E-state index contributed by atoms with van der Waals surface area (Å²) < 4.78 is 12.4. The van der Waals surface area contributed by atoms with E-state index < -0.39 is 0 Å². The SMILES string of the molecule is CCOc1cccc2cc(C(=O)Nc3nc4c(C)ccc(C)c4s3)oc12. The fraction of sp³-hybridized carbons (Fsp3) is 0.200. The Hall–Kier alpha value is -2.86. The molecule has 0 aliphatic heterocycles. The van der Waals surface area contributed by atoms with Crippen LogP contribution in [0.2, 0.25) is 0 Å². The molecule has 4 rings (SSSR count). The summed E-state index contributed by atoms with van der Waals surface area (Å²) in [6.07, 6.45) is 0. The molecule has 0 aliphatic rings. The average molecular weight is 366 g/mol. The van der Waals surface area contributed by atoms with Crippen LogP contribution in [0, 0.1) is 13.8 Å². The highest BCUT2D eigenvalue weighted by Gasteiger charge is 2.17. The predicted molar refractivity (Wildman–Crippen MR) is 104 cm³/mol. The minimum atomic E-state index is -0.321. The molecule has 2 aromatic heterocycles. The third-order valence-electron chi connectivity index (χ3n) is 4.19. The molecule has 0 saturated heterocycles. The number of benzene rings is 2. The normalized spacial score (nSPS) is 11.2. The summed E-state index contributed by atoms with van der Waals surface area (Å²) in [7, 11) is 0. The van der Waals surface area contributed by atoms with Gasteiger partial charge in [-0.25, -0.2) is 4.98 Å². The molecule has 0 fully saturated rings. The lowest BCUT2D eigenvalue weighted by Crippen LogP contribution is -2.10. The third-order valence-corrected chi connectivity index (χ3v) is 5.30. The molecule has 2 heterocycles. The van der Waals surface area contributed by atoms with Gasteiger partial charge >= 0.3 is 0 Å². The Morgan fingerprint density at radius 2 is 2.04 bits per heavy atom. The number of rotatable bonds is 4. The molecular formula is C20H18N2O3S. The van der Waals surface area contributed by atoms with Crippen molar-refractivity contribution in [1.82, 2.24) is 4.98 Å².